The Hall–Kier alpha value is -1.22. The molecule has 88 valence electrons. The number of aromatic hydroxyl groups is 1. The zero-order chi connectivity index (χ0) is 11.4. The van der Waals surface area contributed by atoms with Crippen molar-refractivity contribution in [3.05, 3.63) is 23.8 Å². The number of anilines is 1. The molecule has 16 heavy (non-hydrogen) atoms. The van der Waals surface area contributed by atoms with E-state index in [9.17, 15) is 5.11 Å². The molecule has 1 fully saturated rings. The van der Waals surface area contributed by atoms with Crippen molar-refractivity contribution in [2.75, 3.05) is 25.1 Å². The van der Waals surface area contributed by atoms with Crippen molar-refractivity contribution in [3.8, 4) is 5.75 Å². The van der Waals surface area contributed by atoms with Crippen molar-refractivity contribution in [2.45, 2.75) is 19.8 Å². The first-order valence-corrected chi connectivity index (χ1v) is 5.87. The third-order valence-corrected chi connectivity index (χ3v) is 3.05. The monoisotopic (exact) mass is 221 g/mol. The van der Waals surface area contributed by atoms with Crippen LogP contribution in [0.2, 0.25) is 0 Å². The molecule has 1 heterocycles. The number of hydrogen-bond donors (Lipinski definition) is 2. The maximum Gasteiger partial charge on any atom is 0.115 e. The van der Waals surface area contributed by atoms with Gasteiger partial charge in [0, 0.05) is 18.8 Å². The molecule has 0 radical (unpaired) electrons. The second kappa shape index (κ2) is 5.21. The molecule has 1 unspecified atom stereocenters. The quantitative estimate of drug-likeness (QED) is 0.771. The van der Waals surface area contributed by atoms with E-state index in [-0.39, 0.29) is 0 Å². The molecule has 1 aliphatic rings. The van der Waals surface area contributed by atoms with Crippen LogP contribution in [0.15, 0.2) is 18.2 Å². The van der Waals surface area contributed by atoms with E-state index in [0.717, 1.165) is 31.0 Å². The highest BCUT2D eigenvalue weighted by Gasteiger charge is 2.13. The van der Waals surface area contributed by atoms with E-state index in [2.05, 4.69) is 5.32 Å². The number of benzene rings is 1. The molecule has 1 aromatic carbocycles. The summed E-state index contributed by atoms with van der Waals surface area (Å²) < 4.78 is 5.44. The molecular formula is C13H19NO2. The first-order chi connectivity index (χ1) is 7.75. The molecule has 2 N–H and O–H groups in total. The Balaban J connectivity index is 1.88. The Morgan fingerprint density at radius 1 is 1.50 bits per heavy atom. The summed E-state index contributed by atoms with van der Waals surface area (Å²) in [5.41, 5.74) is 2.18. The highest BCUT2D eigenvalue weighted by atomic mass is 16.5. The number of hydrogen-bond acceptors (Lipinski definition) is 3. The molecule has 3 nitrogen and oxygen atoms in total. The smallest absolute Gasteiger partial charge is 0.115 e. The fourth-order valence-electron chi connectivity index (χ4n) is 2.07. The topological polar surface area (TPSA) is 41.5 Å². The van der Waals surface area contributed by atoms with Crippen molar-refractivity contribution in [1.29, 1.82) is 0 Å². The molecule has 2 rings (SSSR count). The molecule has 1 atom stereocenters. The Morgan fingerprint density at radius 3 is 3.06 bits per heavy atom. The van der Waals surface area contributed by atoms with Crippen molar-refractivity contribution in [2.24, 2.45) is 5.92 Å². The molecule has 0 saturated carbocycles. The molecule has 0 aliphatic carbocycles. The highest BCUT2D eigenvalue weighted by Crippen LogP contribution is 2.21. The number of phenols is 1. The molecule has 0 aromatic heterocycles. The second-order valence-corrected chi connectivity index (χ2v) is 4.46. The first kappa shape index (κ1) is 11.3. The van der Waals surface area contributed by atoms with Gasteiger partial charge in [0.15, 0.2) is 0 Å². The average molecular weight is 221 g/mol. The largest absolute Gasteiger partial charge is 0.508 e. The van der Waals surface area contributed by atoms with Gasteiger partial charge in [-0.3, -0.25) is 0 Å². The van der Waals surface area contributed by atoms with Crippen LogP contribution in [0.25, 0.3) is 0 Å². The van der Waals surface area contributed by atoms with Gasteiger partial charge >= 0.3 is 0 Å². The highest BCUT2D eigenvalue weighted by molar-refractivity contribution is 5.53. The van der Waals surface area contributed by atoms with Gasteiger partial charge in [0.2, 0.25) is 0 Å². The zero-order valence-electron chi connectivity index (χ0n) is 9.70. The molecular weight excluding hydrogens is 202 g/mol. The van der Waals surface area contributed by atoms with Gasteiger partial charge in [-0.2, -0.15) is 0 Å². The lowest BCUT2D eigenvalue weighted by atomic mass is 10.0. The number of aryl methyl sites for hydroxylation is 1. The number of ether oxygens (including phenoxy) is 1. The SMILES string of the molecule is Cc1cc(O)ccc1NCC1CCCOC1. The van der Waals surface area contributed by atoms with Crippen LogP contribution < -0.4 is 5.32 Å². The van der Waals surface area contributed by atoms with Gasteiger partial charge in [-0.25, -0.2) is 0 Å². The van der Waals surface area contributed by atoms with Crippen LogP contribution in [0.4, 0.5) is 5.69 Å². The summed E-state index contributed by atoms with van der Waals surface area (Å²) in [6.45, 7) is 4.73. The van der Waals surface area contributed by atoms with Gasteiger partial charge in [0.25, 0.3) is 0 Å². The van der Waals surface area contributed by atoms with E-state index in [1.54, 1.807) is 12.1 Å². The summed E-state index contributed by atoms with van der Waals surface area (Å²) in [5, 5.41) is 12.7. The third-order valence-electron chi connectivity index (χ3n) is 3.05. The molecule has 3 heteroatoms. The van der Waals surface area contributed by atoms with Crippen LogP contribution in [0, 0.1) is 12.8 Å². The van der Waals surface area contributed by atoms with Gasteiger partial charge in [0.1, 0.15) is 5.75 Å². The number of phenolic OH excluding ortho intramolecular Hbond substituents is 1. The minimum atomic E-state index is 0.323. The van der Waals surface area contributed by atoms with Crippen LogP contribution >= 0.6 is 0 Å². The lowest BCUT2D eigenvalue weighted by Gasteiger charge is -2.23. The summed E-state index contributed by atoms with van der Waals surface area (Å²) in [6, 6.07) is 5.42. The average Bonchev–Trinajstić information content (AvgIpc) is 2.29. The van der Waals surface area contributed by atoms with Crippen LogP contribution in [0.1, 0.15) is 18.4 Å². The predicted octanol–water partition coefficient (Wildman–Crippen LogP) is 2.54. The van der Waals surface area contributed by atoms with Gasteiger partial charge in [-0.05, 0) is 49.4 Å². The normalized spacial score (nSPS) is 20.7. The predicted molar refractivity (Wildman–Crippen MR) is 64.9 cm³/mol. The van der Waals surface area contributed by atoms with Crippen LogP contribution in [-0.2, 0) is 4.74 Å². The third kappa shape index (κ3) is 2.89. The maximum absolute atomic E-state index is 9.31. The number of nitrogens with one attached hydrogen (secondary N) is 1. The first-order valence-electron chi connectivity index (χ1n) is 5.87. The molecule has 0 bridgehead atoms. The standard InChI is InChI=1S/C13H19NO2/c1-10-7-12(15)4-5-13(10)14-8-11-3-2-6-16-9-11/h4-5,7,11,14-15H,2-3,6,8-9H2,1H3. The zero-order valence-corrected chi connectivity index (χ0v) is 9.70. The molecule has 0 spiro atoms. The minimum absolute atomic E-state index is 0.323. The fraction of sp³-hybridized carbons (Fsp3) is 0.538. The van der Waals surface area contributed by atoms with Crippen LogP contribution in [0.5, 0.6) is 5.75 Å². The lowest BCUT2D eigenvalue weighted by molar-refractivity contribution is 0.0595. The second-order valence-electron chi connectivity index (χ2n) is 4.46. The summed E-state index contributed by atoms with van der Waals surface area (Å²) in [6.07, 6.45) is 2.41. The molecule has 0 amide bonds. The Morgan fingerprint density at radius 2 is 2.38 bits per heavy atom. The molecule has 1 aliphatic heterocycles. The van der Waals surface area contributed by atoms with Gasteiger partial charge in [-0.1, -0.05) is 0 Å². The summed E-state index contributed by atoms with van der Waals surface area (Å²) in [4.78, 5) is 0. The van der Waals surface area contributed by atoms with Crippen molar-refractivity contribution < 1.29 is 9.84 Å². The Bertz CT molecular complexity index is 346. The lowest BCUT2D eigenvalue weighted by Crippen LogP contribution is -2.24. The van der Waals surface area contributed by atoms with E-state index in [1.165, 1.54) is 12.8 Å². The summed E-state index contributed by atoms with van der Waals surface area (Å²) >= 11 is 0. The van der Waals surface area contributed by atoms with Crippen molar-refractivity contribution >= 4 is 5.69 Å². The van der Waals surface area contributed by atoms with Crippen molar-refractivity contribution in [1.82, 2.24) is 0 Å². The van der Waals surface area contributed by atoms with Gasteiger partial charge in [0.05, 0.1) is 6.61 Å². The summed E-state index contributed by atoms with van der Waals surface area (Å²) in [5.74, 6) is 0.936. The van der Waals surface area contributed by atoms with Gasteiger partial charge < -0.3 is 15.2 Å². The molecule has 1 aromatic rings. The van der Waals surface area contributed by atoms with Crippen molar-refractivity contribution in [3.63, 3.8) is 0 Å². The summed E-state index contributed by atoms with van der Waals surface area (Å²) in [7, 11) is 0. The van der Waals surface area contributed by atoms with Gasteiger partial charge in [-0.15, -0.1) is 0 Å². The minimum Gasteiger partial charge on any atom is -0.508 e. The van der Waals surface area contributed by atoms with Crippen LogP contribution in [-0.4, -0.2) is 24.9 Å². The molecule has 1 saturated heterocycles. The maximum atomic E-state index is 9.31. The fourth-order valence-corrected chi connectivity index (χ4v) is 2.07. The number of rotatable bonds is 3. The van der Waals surface area contributed by atoms with E-state index < -0.39 is 0 Å². The van der Waals surface area contributed by atoms with E-state index in [4.69, 9.17) is 4.74 Å². The van der Waals surface area contributed by atoms with E-state index >= 15 is 0 Å². The van der Waals surface area contributed by atoms with Crippen LogP contribution in [0.3, 0.4) is 0 Å². The van der Waals surface area contributed by atoms with E-state index in [1.807, 2.05) is 13.0 Å². The Kier molecular flexibility index (Phi) is 3.67. The van der Waals surface area contributed by atoms with E-state index in [0.29, 0.717) is 11.7 Å². The Labute approximate surface area is 96.4 Å².